The van der Waals surface area contributed by atoms with Gasteiger partial charge in [-0.25, -0.2) is 15.2 Å². The Hall–Kier alpha value is -4.28. The first-order valence-corrected chi connectivity index (χ1v) is 11.2. The van der Waals surface area contributed by atoms with Crippen LogP contribution in [0, 0.1) is 5.82 Å². The van der Waals surface area contributed by atoms with E-state index in [4.69, 9.17) is 27.9 Å². The summed E-state index contributed by atoms with van der Waals surface area (Å²) in [6.45, 7) is 1.45. The number of hydrazone groups is 1. The third kappa shape index (κ3) is 5.85. The highest BCUT2D eigenvalue weighted by Crippen LogP contribution is 2.32. The Bertz CT molecular complexity index is 1410. The minimum absolute atomic E-state index is 0.0899. The van der Waals surface area contributed by atoms with Crippen molar-refractivity contribution in [2.24, 2.45) is 16.7 Å². The summed E-state index contributed by atoms with van der Waals surface area (Å²) < 4.78 is 20.4. The summed E-state index contributed by atoms with van der Waals surface area (Å²) >= 11 is 6.39. The van der Waals surface area contributed by atoms with E-state index in [1.165, 1.54) is 19.1 Å². The van der Waals surface area contributed by atoms with Crippen LogP contribution in [0.5, 0.6) is 0 Å². The second-order valence-electron chi connectivity index (χ2n) is 7.79. The van der Waals surface area contributed by atoms with E-state index in [1.807, 2.05) is 28.8 Å². The van der Waals surface area contributed by atoms with E-state index in [-0.39, 0.29) is 18.4 Å². The zero-order valence-electron chi connectivity index (χ0n) is 19.3. The number of carbonyl (C=O) groups excluding carboxylic acids is 1. The summed E-state index contributed by atoms with van der Waals surface area (Å²) in [6.07, 6.45) is 3.26. The SMILES string of the molecule is CC(=O)OCN(N)/N=C(\N)c1ccnc(-c2ncn(Cc3ccccc3Cl)c2-c2ccc(F)cc2)c1. The second kappa shape index (κ2) is 11.0. The second-order valence-corrected chi connectivity index (χ2v) is 8.19. The molecule has 36 heavy (non-hydrogen) atoms. The Morgan fingerprint density at radius 1 is 1.17 bits per heavy atom. The number of nitrogens with two attached hydrogens (primary N) is 2. The van der Waals surface area contributed by atoms with Gasteiger partial charge in [-0.05, 0) is 48.0 Å². The van der Waals surface area contributed by atoms with Gasteiger partial charge in [0.25, 0.3) is 0 Å². The number of amidine groups is 1. The topological polar surface area (TPSA) is 125 Å². The number of esters is 1. The Kier molecular flexibility index (Phi) is 7.57. The van der Waals surface area contributed by atoms with E-state index in [0.717, 1.165) is 21.9 Å². The summed E-state index contributed by atoms with van der Waals surface area (Å²) in [5, 5.41) is 5.58. The molecule has 2 aromatic heterocycles. The minimum Gasteiger partial charge on any atom is -0.441 e. The molecule has 0 aliphatic carbocycles. The van der Waals surface area contributed by atoms with E-state index in [0.29, 0.717) is 28.5 Å². The predicted octanol–water partition coefficient (Wildman–Crippen LogP) is 3.77. The summed E-state index contributed by atoms with van der Waals surface area (Å²) in [5.41, 5.74) is 10.1. The highest BCUT2D eigenvalue weighted by molar-refractivity contribution is 6.31. The molecule has 9 nitrogen and oxygen atoms in total. The molecule has 4 aromatic rings. The maximum Gasteiger partial charge on any atom is 0.304 e. The number of hydrogen-bond donors (Lipinski definition) is 2. The average Bonchev–Trinajstić information content (AvgIpc) is 3.28. The minimum atomic E-state index is -0.494. The first-order valence-electron chi connectivity index (χ1n) is 10.8. The summed E-state index contributed by atoms with van der Waals surface area (Å²) in [4.78, 5) is 20.1. The zero-order valence-corrected chi connectivity index (χ0v) is 20.1. The number of rotatable bonds is 8. The van der Waals surface area contributed by atoms with Crippen molar-refractivity contribution in [2.45, 2.75) is 13.5 Å². The van der Waals surface area contributed by atoms with Gasteiger partial charge >= 0.3 is 5.97 Å². The lowest BCUT2D eigenvalue weighted by Gasteiger charge is -2.13. The van der Waals surface area contributed by atoms with E-state index in [9.17, 15) is 9.18 Å². The molecule has 0 saturated carbocycles. The van der Waals surface area contributed by atoms with Gasteiger partial charge in [0.15, 0.2) is 12.6 Å². The third-order valence-corrected chi connectivity index (χ3v) is 5.56. The number of pyridine rings is 1. The maximum absolute atomic E-state index is 13.7. The summed E-state index contributed by atoms with van der Waals surface area (Å²) in [6, 6.07) is 17.0. The number of halogens is 2. The summed E-state index contributed by atoms with van der Waals surface area (Å²) in [7, 11) is 0. The molecule has 184 valence electrons. The number of ether oxygens (including phenoxy) is 1. The van der Waals surface area contributed by atoms with Crippen molar-refractivity contribution >= 4 is 23.4 Å². The van der Waals surface area contributed by atoms with Crippen LogP contribution in [0.2, 0.25) is 5.02 Å². The van der Waals surface area contributed by atoms with Crippen LogP contribution < -0.4 is 11.6 Å². The van der Waals surface area contributed by atoms with Gasteiger partial charge in [0.1, 0.15) is 11.5 Å². The molecular formula is C25H23ClFN7O2. The molecule has 0 aliphatic rings. The first-order chi connectivity index (χ1) is 17.3. The van der Waals surface area contributed by atoms with Gasteiger partial charge < -0.3 is 15.0 Å². The number of carbonyl (C=O) groups is 1. The molecule has 0 spiro atoms. The lowest BCUT2D eigenvalue weighted by atomic mass is 10.1. The van der Waals surface area contributed by atoms with Gasteiger partial charge in [-0.1, -0.05) is 29.8 Å². The van der Waals surface area contributed by atoms with Gasteiger partial charge in [-0.2, -0.15) is 5.12 Å². The van der Waals surface area contributed by atoms with E-state index < -0.39 is 5.97 Å². The highest BCUT2D eigenvalue weighted by Gasteiger charge is 2.18. The predicted molar refractivity (Wildman–Crippen MR) is 135 cm³/mol. The van der Waals surface area contributed by atoms with Gasteiger partial charge in [-0.3, -0.25) is 9.78 Å². The third-order valence-electron chi connectivity index (χ3n) is 5.19. The van der Waals surface area contributed by atoms with Crippen molar-refractivity contribution in [1.82, 2.24) is 19.7 Å². The molecule has 0 saturated heterocycles. The van der Waals surface area contributed by atoms with Crippen LogP contribution in [0.1, 0.15) is 18.1 Å². The molecule has 2 aromatic carbocycles. The number of aromatic nitrogens is 3. The van der Waals surface area contributed by atoms with Crippen LogP contribution >= 0.6 is 11.6 Å². The molecular weight excluding hydrogens is 485 g/mol. The molecule has 0 fully saturated rings. The van der Waals surface area contributed by atoms with Gasteiger partial charge in [0.2, 0.25) is 0 Å². The van der Waals surface area contributed by atoms with Gasteiger partial charge in [0.05, 0.1) is 24.3 Å². The number of nitrogens with zero attached hydrogens (tertiary/aromatic N) is 5. The highest BCUT2D eigenvalue weighted by atomic mass is 35.5. The lowest BCUT2D eigenvalue weighted by molar-refractivity contribution is -0.145. The van der Waals surface area contributed by atoms with Crippen LogP contribution in [0.4, 0.5) is 4.39 Å². The fourth-order valence-corrected chi connectivity index (χ4v) is 3.71. The Morgan fingerprint density at radius 2 is 1.92 bits per heavy atom. The molecule has 4 rings (SSSR count). The fraction of sp³-hybridized carbons (Fsp3) is 0.120. The van der Waals surface area contributed by atoms with Crippen molar-refractivity contribution < 1.29 is 13.9 Å². The van der Waals surface area contributed by atoms with Crippen molar-refractivity contribution in [3.8, 4) is 22.6 Å². The van der Waals surface area contributed by atoms with Crippen LogP contribution in [-0.4, -0.2) is 38.2 Å². The van der Waals surface area contributed by atoms with Gasteiger partial charge in [-0.15, -0.1) is 5.10 Å². The van der Waals surface area contributed by atoms with Crippen molar-refractivity contribution in [3.05, 3.63) is 95.2 Å². The van der Waals surface area contributed by atoms with Crippen LogP contribution in [0.3, 0.4) is 0 Å². The molecule has 0 radical (unpaired) electrons. The molecule has 2 heterocycles. The largest absolute Gasteiger partial charge is 0.441 e. The van der Waals surface area contributed by atoms with E-state index >= 15 is 0 Å². The molecule has 0 bridgehead atoms. The molecule has 11 heteroatoms. The fourth-order valence-electron chi connectivity index (χ4n) is 3.51. The lowest BCUT2D eigenvalue weighted by Crippen LogP contribution is -2.32. The number of hydrazine groups is 1. The van der Waals surface area contributed by atoms with Crippen LogP contribution in [-0.2, 0) is 16.1 Å². The van der Waals surface area contributed by atoms with Crippen LogP contribution in [0.15, 0.2) is 78.3 Å². The normalized spacial score (nSPS) is 11.4. The van der Waals surface area contributed by atoms with Gasteiger partial charge in [0, 0.05) is 29.3 Å². The zero-order chi connectivity index (χ0) is 25.7. The van der Waals surface area contributed by atoms with E-state index in [2.05, 4.69) is 15.1 Å². The standard InChI is InChI=1S/C25H23ClFN7O2/c1-16(35)36-15-34(29)32-25(28)18-10-11-30-22(12-18)23-24(17-6-8-20(27)9-7-17)33(14-31-23)13-19-4-2-3-5-21(19)26/h2-12,14H,13,15,29H2,1H3,(H2,28,32). The van der Waals surface area contributed by atoms with Crippen LogP contribution in [0.25, 0.3) is 22.6 Å². The number of hydrogen-bond acceptors (Lipinski definition) is 7. The summed E-state index contributed by atoms with van der Waals surface area (Å²) in [5.74, 6) is 4.98. The first kappa shape index (κ1) is 24.8. The molecule has 4 N–H and O–H groups in total. The Morgan fingerprint density at radius 3 is 2.64 bits per heavy atom. The van der Waals surface area contributed by atoms with Crippen molar-refractivity contribution in [1.29, 1.82) is 0 Å². The molecule has 0 atom stereocenters. The maximum atomic E-state index is 13.7. The Balaban J connectivity index is 1.73. The average molecular weight is 508 g/mol. The van der Waals surface area contributed by atoms with Crippen molar-refractivity contribution in [3.63, 3.8) is 0 Å². The molecule has 0 amide bonds. The Labute approximate surface area is 211 Å². The quantitative estimate of drug-likeness (QED) is 0.0928. The van der Waals surface area contributed by atoms with Crippen molar-refractivity contribution in [2.75, 3.05) is 6.73 Å². The number of imidazole rings is 1. The molecule has 0 unspecified atom stereocenters. The monoisotopic (exact) mass is 507 g/mol. The number of benzene rings is 2. The smallest absolute Gasteiger partial charge is 0.304 e. The molecule has 0 aliphatic heterocycles. The van der Waals surface area contributed by atoms with E-state index in [1.54, 1.807) is 36.8 Å².